The minimum Gasteiger partial charge on any atom is -0.396 e. The highest BCUT2D eigenvalue weighted by Crippen LogP contribution is 2.32. The largest absolute Gasteiger partial charge is 0.396 e. The number of nitrogens with zero attached hydrogens (tertiary/aromatic N) is 2. The molecule has 88 valence electrons. The molecule has 0 saturated heterocycles. The van der Waals surface area contributed by atoms with Crippen LogP contribution in [0.2, 0.25) is 5.15 Å². The van der Waals surface area contributed by atoms with E-state index in [0.29, 0.717) is 5.15 Å². The first-order valence-electron chi connectivity index (χ1n) is 5.87. The first-order chi connectivity index (χ1) is 7.70. The molecule has 4 heteroatoms. The van der Waals surface area contributed by atoms with E-state index in [-0.39, 0.29) is 0 Å². The van der Waals surface area contributed by atoms with Crippen LogP contribution in [0.25, 0.3) is 0 Å². The van der Waals surface area contributed by atoms with Crippen LogP contribution in [0.5, 0.6) is 0 Å². The van der Waals surface area contributed by atoms with Crippen molar-refractivity contribution in [2.24, 2.45) is 5.92 Å². The molecule has 1 heterocycles. The zero-order valence-electron chi connectivity index (χ0n) is 9.62. The monoisotopic (exact) mass is 239 g/mol. The molecule has 1 aliphatic carbocycles. The van der Waals surface area contributed by atoms with E-state index in [1.165, 1.54) is 12.8 Å². The molecule has 2 rings (SSSR count). The van der Waals surface area contributed by atoms with Gasteiger partial charge in [-0.2, -0.15) is 0 Å². The Morgan fingerprint density at radius 2 is 2.25 bits per heavy atom. The maximum atomic E-state index is 5.95. The fraction of sp³-hybridized carbons (Fsp3) is 0.583. The fourth-order valence-corrected chi connectivity index (χ4v) is 2.00. The summed E-state index contributed by atoms with van der Waals surface area (Å²) in [6.45, 7) is 4.22. The number of aromatic nitrogens is 1. The first kappa shape index (κ1) is 11.5. The Hall–Kier alpha value is -0.960. The molecule has 0 atom stereocenters. The lowest BCUT2D eigenvalue weighted by Gasteiger charge is -2.24. The second-order valence-corrected chi connectivity index (χ2v) is 4.82. The fourth-order valence-electron chi connectivity index (χ4n) is 1.86. The van der Waals surface area contributed by atoms with E-state index in [1.54, 1.807) is 6.07 Å². The van der Waals surface area contributed by atoms with Crippen molar-refractivity contribution in [2.45, 2.75) is 26.2 Å². The molecular formula is C12H18ClN3. The molecule has 0 unspecified atom stereocenters. The molecule has 0 aliphatic heterocycles. The summed E-state index contributed by atoms with van der Waals surface area (Å²) in [4.78, 5) is 6.60. The number of nitrogen functional groups attached to an aromatic ring is 1. The Kier molecular flexibility index (Phi) is 3.54. The van der Waals surface area contributed by atoms with Gasteiger partial charge in [-0.15, -0.1) is 0 Å². The summed E-state index contributed by atoms with van der Waals surface area (Å²) < 4.78 is 0. The molecule has 0 radical (unpaired) electrons. The number of pyridine rings is 1. The summed E-state index contributed by atoms with van der Waals surface area (Å²) in [5, 5.41) is 0.515. The number of hydrogen-bond acceptors (Lipinski definition) is 3. The van der Waals surface area contributed by atoms with Crippen LogP contribution in [0.4, 0.5) is 11.5 Å². The summed E-state index contributed by atoms with van der Waals surface area (Å²) in [6.07, 6.45) is 3.77. The lowest BCUT2D eigenvalue weighted by atomic mass is 10.3. The van der Waals surface area contributed by atoms with Crippen LogP contribution in [0.3, 0.4) is 0 Å². The average molecular weight is 240 g/mol. The van der Waals surface area contributed by atoms with Gasteiger partial charge in [0.2, 0.25) is 0 Å². The Bertz CT molecular complexity index is 363. The van der Waals surface area contributed by atoms with Gasteiger partial charge in [0.15, 0.2) is 5.82 Å². The number of halogens is 1. The molecule has 1 saturated carbocycles. The first-order valence-corrected chi connectivity index (χ1v) is 6.25. The van der Waals surface area contributed by atoms with E-state index in [4.69, 9.17) is 17.3 Å². The second-order valence-electron chi connectivity index (χ2n) is 4.44. The molecule has 0 amide bonds. The summed E-state index contributed by atoms with van der Waals surface area (Å²) >= 11 is 5.92. The van der Waals surface area contributed by atoms with Gasteiger partial charge in [0.05, 0.1) is 5.69 Å². The van der Waals surface area contributed by atoms with Crippen LogP contribution in [0.15, 0.2) is 12.1 Å². The predicted octanol–water partition coefficient (Wildman–Crippen LogP) is 2.94. The number of rotatable bonds is 5. The Labute approximate surface area is 102 Å². The van der Waals surface area contributed by atoms with Crippen molar-refractivity contribution >= 4 is 23.1 Å². The van der Waals surface area contributed by atoms with Crippen LogP contribution in [-0.2, 0) is 0 Å². The SMILES string of the molecule is CCCN(CC1CC1)c1nc(Cl)ccc1N. The van der Waals surface area contributed by atoms with Crippen molar-refractivity contribution in [3.8, 4) is 0 Å². The minimum atomic E-state index is 0.515. The molecule has 1 aromatic rings. The third kappa shape index (κ3) is 2.79. The van der Waals surface area contributed by atoms with Crippen LogP contribution in [0.1, 0.15) is 26.2 Å². The van der Waals surface area contributed by atoms with Gasteiger partial charge in [0, 0.05) is 13.1 Å². The molecule has 0 aromatic carbocycles. The van der Waals surface area contributed by atoms with E-state index in [9.17, 15) is 0 Å². The van der Waals surface area contributed by atoms with Crippen LogP contribution < -0.4 is 10.6 Å². The van der Waals surface area contributed by atoms with Crippen molar-refractivity contribution < 1.29 is 0 Å². The standard InChI is InChI=1S/C12H18ClN3/c1-2-7-16(8-9-3-4-9)12-10(14)5-6-11(13)15-12/h5-6,9H,2-4,7-8,14H2,1H3. The van der Waals surface area contributed by atoms with Crippen molar-refractivity contribution in [1.82, 2.24) is 4.98 Å². The third-order valence-corrected chi connectivity index (χ3v) is 3.05. The van der Waals surface area contributed by atoms with Gasteiger partial charge in [-0.1, -0.05) is 18.5 Å². The van der Waals surface area contributed by atoms with Gasteiger partial charge < -0.3 is 10.6 Å². The third-order valence-electron chi connectivity index (χ3n) is 2.84. The van der Waals surface area contributed by atoms with Gasteiger partial charge in [-0.3, -0.25) is 0 Å². The number of anilines is 2. The zero-order chi connectivity index (χ0) is 11.5. The van der Waals surface area contributed by atoms with Crippen LogP contribution in [0, 0.1) is 5.92 Å². The number of nitrogens with two attached hydrogens (primary N) is 1. The van der Waals surface area contributed by atoms with Crippen molar-refractivity contribution in [1.29, 1.82) is 0 Å². The molecule has 1 aliphatic rings. The lowest BCUT2D eigenvalue weighted by molar-refractivity contribution is 0.700. The lowest BCUT2D eigenvalue weighted by Crippen LogP contribution is -2.28. The highest BCUT2D eigenvalue weighted by Gasteiger charge is 2.25. The van der Waals surface area contributed by atoms with E-state index in [2.05, 4.69) is 16.8 Å². The Morgan fingerprint density at radius 1 is 1.50 bits per heavy atom. The van der Waals surface area contributed by atoms with Crippen molar-refractivity contribution in [2.75, 3.05) is 23.7 Å². The minimum absolute atomic E-state index is 0.515. The second kappa shape index (κ2) is 4.91. The highest BCUT2D eigenvalue weighted by atomic mass is 35.5. The summed E-state index contributed by atoms with van der Waals surface area (Å²) in [5.41, 5.74) is 6.67. The van der Waals surface area contributed by atoms with E-state index >= 15 is 0 Å². The molecule has 1 aromatic heterocycles. The molecule has 16 heavy (non-hydrogen) atoms. The Balaban J connectivity index is 2.18. The molecule has 0 spiro atoms. The molecular weight excluding hydrogens is 222 g/mol. The van der Waals surface area contributed by atoms with E-state index < -0.39 is 0 Å². The van der Waals surface area contributed by atoms with Gasteiger partial charge in [0.1, 0.15) is 5.15 Å². The average Bonchev–Trinajstić information content (AvgIpc) is 3.05. The summed E-state index contributed by atoms with van der Waals surface area (Å²) in [7, 11) is 0. The number of hydrogen-bond donors (Lipinski definition) is 1. The quantitative estimate of drug-likeness (QED) is 0.804. The van der Waals surface area contributed by atoms with Gasteiger partial charge in [-0.05, 0) is 37.3 Å². The van der Waals surface area contributed by atoms with Crippen molar-refractivity contribution in [3.63, 3.8) is 0 Å². The van der Waals surface area contributed by atoms with Gasteiger partial charge in [-0.25, -0.2) is 4.98 Å². The summed E-state index contributed by atoms with van der Waals surface area (Å²) in [5.74, 6) is 1.67. The van der Waals surface area contributed by atoms with E-state index in [1.807, 2.05) is 6.07 Å². The van der Waals surface area contributed by atoms with E-state index in [0.717, 1.165) is 36.9 Å². The van der Waals surface area contributed by atoms with Crippen molar-refractivity contribution in [3.05, 3.63) is 17.3 Å². The molecule has 0 bridgehead atoms. The smallest absolute Gasteiger partial charge is 0.153 e. The summed E-state index contributed by atoms with van der Waals surface area (Å²) in [6, 6.07) is 3.57. The maximum absolute atomic E-state index is 5.95. The van der Waals surface area contributed by atoms with Gasteiger partial charge >= 0.3 is 0 Å². The molecule has 2 N–H and O–H groups in total. The topological polar surface area (TPSA) is 42.2 Å². The highest BCUT2D eigenvalue weighted by molar-refractivity contribution is 6.29. The Morgan fingerprint density at radius 3 is 2.88 bits per heavy atom. The normalized spacial score (nSPS) is 15.1. The van der Waals surface area contributed by atoms with Crippen LogP contribution >= 0.6 is 11.6 Å². The van der Waals surface area contributed by atoms with Gasteiger partial charge in [0.25, 0.3) is 0 Å². The van der Waals surface area contributed by atoms with Crippen LogP contribution in [-0.4, -0.2) is 18.1 Å². The predicted molar refractivity (Wildman–Crippen MR) is 68.9 cm³/mol. The molecule has 3 nitrogen and oxygen atoms in total. The maximum Gasteiger partial charge on any atom is 0.153 e. The zero-order valence-corrected chi connectivity index (χ0v) is 10.4. The molecule has 1 fully saturated rings.